The number of carbonyl (C=O) groups is 1. The van der Waals surface area contributed by atoms with Gasteiger partial charge in [-0.2, -0.15) is 0 Å². The molecule has 0 saturated carbocycles. The first-order valence-corrected chi connectivity index (χ1v) is 5.92. The first-order valence-electron chi connectivity index (χ1n) is 4.93. The summed E-state index contributed by atoms with van der Waals surface area (Å²) < 4.78 is 0. The van der Waals surface area contributed by atoms with Crippen LogP contribution >= 0.6 is 11.8 Å². The van der Waals surface area contributed by atoms with Crippen LogP contribution in [0.15, 0.2) is 24.3 Å². The van der Waals surface area contributed by atoms with Gasteiger partial charge in [-0.15, -0.1) is 0 Å². The van der Waals surface area contributed by atoms with Gasteiger partial charge >= 0.3 is 0 Å². The van der Waals surface area contributed by atoms with E-state index in [1.54, 1.807) is 12.1 Å². The van der Waals surface area contributed by atoms with E-state index in [-0.39, 0.29) is 16.9 Å². The van der Waals surface area contributed by atoms with Crippen LogP contribution in [-0.4, -0.2) is 28.6 Å². The summed E-state index contributed by atoms with van der Waals surface area (Å²) in [6, 6.07) is 6.92. The Morgan fingerprint density at radius 3 is 2.80 bits per heavy atom. The number of carbonyl (C=O) groups excluding carboxylic acids is 1. The van der Waals surface area contributed by atoms with Crippen LogP contribution < -0.4 is 5.32 Å². The van der Waals surface area contributed by atoms with Crippen LogP contribution in [0.2, 0.25) is 0 Å². The molecular weight excluding hydrogens is 210 g/mol. The quantitative estimate of drug-likeness (QED) is 0.790. The summed E-state index contributed by atoms with van der Waals surface area (Å²) in [6.45, 7) is 0.888. The van der Waals surface area contributed by atoms with E-state index in [0.717, 1.165) is 17.9 Å². The molecule has 0 aromatic heterocycles. The third kappa shape index (κ3) is 2.73. The van der Waals surface area contributed by atoms with Crippen LogP contribution in [0.1, 0.15) is 5.56 Å². The van der Waals surface area contributed by atoms with Crippen LogP contribution in [0.5, 0.6) is 5.75 Å². The van der Waals surface area contributed by atoms with Crippen LogP contribution in [-0.2, 0) is 11.2 Å². The predicted octanol–water partition coefficient (Wildman–Crippen LogP) is 1.17. The summed E-state index contributed by atoms with van der Waals surface area (Å²) in [4.78, 5) is 11.5. The number of benzene rings is 1. The topological polar surface area (TPSA) is 49.3 Å². The second kappa shape index (κ2) is 4.68. The molecular formula is C11H13NO2S. The van der Waals surface area contributed by atoms with Crippen molar-refractivity contribution in [1.29, 1.82) is 0 Å². The first kappa shape index (κ1) is 10.5. The minimum atomic E-state index is -0.0757. The summed E-state index contributed by atoms with van der Waals surface area (Å²) in [5, 5.41) is 12.5. The van der Waals surface area contributed by atoms with Crippen molar-refractivity contribution >= 4 is 16.9 Å². The monoisotopic (exact) mass is 223 g/mol. The molecule has 0 bridgehead atoms. The molecule has 1 aromatic carbocycles. The Balaban J connectivity index is 2.01. The number of thioether (sulfide) groups is 1. The molecule has 1 unspecified atom stereocenters. The Morgan fingerprint density at radius 2 is 2.13 bits per heavy atom. The second-order valence-corrected chi connectivity index (χ2v) is 4.64. The molecule has 80 valence electrons. The van der Waals surface area contributed by atoms with Crippen LogP contribution in [0.25, 0.3) is 0 Å². The van der Waals surface area contributed by atoms with Gasteiger partial charge < -0.3 is 10.4 Å². The molecule has 3 nitrogen and oxygen atoms in total. The summed E-state index contributed by atoms with van der Waals surface area (Å²) in [6.07, 6.45) is 0.701. The number of hydrogen-bond donors (Lipinski definition) is 2. The Hall–Kier alpha value is -1.00. The fourth-order valence-corrected chi connectivity index (χ4v) is 2.38. The normalized spacial score (nSPS) is 21.6. The van der Waals surface area contributed by atoms with E-state index in [0.29, 0.717) is 6.42 Å². The molecule has 1 aliphatic heterocycles. The largest absolute Gasteiger partial charge is 0.508 e. The fraction of sp³-hybridized carbons (Fsp3) is 0.364. The highest BCUT2D eigenvalue weighted by Gasteiger charge is 2.22. The van der Waals surface area contributed by atoms with E-state index < -0.39 is 0 Å². The molecule has 1 aliphatic rings. The van der Waals surface area contributed by atoms with E-state index in [1.807, 2.05) is 12.1 Å². The molecule has 1 saturated heterocycles. The Kier molecular flexibility index (Phi) is 3.28. The number of phenols is 1. The molecule has 0 radical (unpaired) electrons. The molecule has 1 atom stereocenters. The van der Waals surface area contributed by atoms with Crippen molar-refractivity contribution in [2.75, 3.05) is 12.3 Å². The van der Waals surface area contributed by atoms with E-state index in [1.165, 1.54) is 11.8 Å². The van der Waals surface area contributed by atoms with Gasteiger partial charge in [0.1, 0.15) is 5.75 Å². The minimum Gasteiger partial charge on any atom is -0.508 e. The second-order valence-electron chi connectivity index (χ2n) is 3.54. The van der Waals surface area contributed by atoms with Crippen molar-refractivity contribution in [3.05, 3.63) is 29.8 Å². The molecule has 1 aromatic rings. The van der Waals surface area contributed by atoms with E-state index in [2.05, 4.69) is 5.32 Å². The molecule has 1 heterocycles. The van der Waals surface area contributed by atoms with Crippen molar-refractivity contribution in [2.24, 2.45) is 0 Å². The highest BCUT2D eigenvalue weighted by molar-refractivity contribution is 8.13. The summed E-state index contributed by atoms with van der Waals surface area (Å²) in [5.41, 5.74) is 1.07. The van der Waals surface area contributed by atoms with E-state index in [9.17, 15) is 4.79 Å². The number of hydrogen-bond acceptors (Lipinski definition) is 4. The van der Waals surface area contributed by atoms with Crippen molar-refractivity contribution in [3.63, 3.8) is 0 Å². The highest BCUT2D eigenvalue weighted by Crippen LogP contribution is 2.16. The lowest BCUT2D eigenvalue weighted by molar-refractivity contribution is -0.113. The average Bonchev–Trinajstić information content (AvgIpc) is 2.25. The van der Waals surface area contributed by atoms with Gasteiger partial charge in [0, 0.05) is 12.3 Å². The van der Waals surface area contributed by atoms with Crippen molar-refractivity contribution < 1.29 is 9.90 Å². The third-order valence-electron chi connectivity index (χ3n) is 2.40. The first-order chi connectivity index (χ1) is 7.25. The number of phenolic OH excluding ortho intramolecular Hbond substituents is 1. The Labute approximate surface area is 92.9 Å². The number of aromatic hydroxyl groups is 1. The zero-order valence-corrected chi connectivity index (χ0v) is 9.09. The molecule has 15 heavy (non-hydrogen) atoms. The van der Waals surface area contributed by atoms with Gasteiger partial charge in [-0.1, -0.05) is 23.9 Å². The van der Waals surface area contributed by atoms with E-state index >= 15 is 0 Å². The molecule has 2 N–H and O–H groups in total. The molecule has 0 spiro atoms. The van der Waals surface area contributed by atoms with Gasteiger partial charge in [-0.05, 0) is 24.1 Å². The SMILES string of the molecule is O=C1SCCNC1Cc1ccc(O)cc1. The van der Waals surface area contributed by atoms with Crippen LogP contribution in [0.3, 0.4) is 0 Å². The summed E-state index contributed by atoms with van der Waals surface area (Å²) in [7, 11) is 0. The maximum Gasteiger partial charge on any atom is 0.206 e. The van der Waals surface area contributed by atoms with Crippen molar-refractivity contribution in [2.45, 2.75) is 12.5 Å². The highest BCUT2D eigenvalue weighted by atomic mass is 32.2. The molecule has 4 heteroatoms. The lowest BCUT2D eigenvalue weighted by Gasteiger charge is -2.21. The fourth-order valence-electron chi connectivity index (χ4n) is 1.59. The van der Waals surface area contributed by atoms with Gasteiger partial charge in [-0.3, -0.25) is 4.79 Å². The van der Waals surface area contributed by atoms with Crippen molar-refractivity contribution in [1.82, 2.24) is 5.32 Å². The average molecular weight is 223 g/mol. The van der Waals surface area contributed by atoms with Crippen LogP contribution in [0, 0.1) is 0 Å². The predicted molar refractivity (Wildman–Crippen MR) is 61.1 cm³/mol. The van der Waals surface area contributed by atoms with Gasteiger partial charge in [0.15, 0.2) is 0 Å². The molecule has 1 fully saturated rings. The lowest BCUT2D eigenvalue weighted by Crippen LogP contribution is -2.42. The number of nitrogens with one attached hydrogen (secondary N) is 1. The maximum absolute atomic E-state index is 11.5. The van der Waals surface area contributed by atoms with E-state index in [4.69, 9.17) is 5.11 Å². The zero-order chi connectivity index (χ0) is 10.7. The lowest BCUT2D eigenvalue weighted by atomic mass is 10.1. The summed E-state index contributed by atoms with van der Waals surface area (Å²) >= 11 is 1.40. The molecule has 0 aliphatic carbocycles. The zero-order valence-electron chi connectivity index (χ0n) is 8.27. The maximum atomic E-state index is 11.5. The molecule has 0 amide bonds. The van der Waals surface area contributed by atoms with Gasteiger partial charge in [0.25, 0.3) is 0 Å². The van der Waals surface area contributed by atoms with Gasteiger partial charge in [-0.25, -0.2) is 0 Å². The molecule has 2 rings (SSSR count). The summed E-state index contributed by atoms with van der Waals surface area (Å²) in [5.74, 6) is 1.13. The van der Waals surface area contributed by atoms with Crippen LogP contribution in [0.4, 0.5) is 0 Å². The Morgan fingerprint density at radius 1 is 1.40 bits per heavy atom. The standard InChI is InChI=1S/C11H13NO2S/c13-9-3-1-8(2-4-9)7-10-11(14)15-6-5-12-10/h1-4,10,12-13H,5-7H2. The van der Waals surface area contributed by atoms with Gasteiger partial charge in [0.05, 0.1) is 6.04 Å². The third-order valence-corrected chi connectivity index (χ3v) is 3.38. The smallest absolute Gasteiger partial charge is 0.206 e. The van der Waals surface area contributed by atoms with Crippen molar-refractivity contribution in [3.8, 4) is 5.75 Å². The minimum absolute atomic E-state index is 0.0757. The number of rotatable bonds is 2. The van der Waals surface area contributed by atoms with Gasteiger partial charge in [0.2, 0.25) is 5.12 Å². The Bertz CT molecular complexity index is 350.